The summed E-state index contributed by atoms with van der Waals surface area (Å²) in [5.41, 5.74) is 1.82. The first kappa shape index (κ1) is 22.1. The summed E-state index contributed by atoms with van der Waals surface area (Å²) in [6.07, 6.45) is 0.763. The van der Waals surface area contributed by atoms with Crippen LogP contribution in [0.15, 0.2) is 57.9 Å². The zero-order chi connectivity index (χ0) is 21.1. The maximum absolute atomic E-state index is 14.3. The molecule has 8 heteroatoms. The molecule has 0 aromatic heterocycles. The average molecular weight is 425 g/mol. The number of allylic oxidation sites excluding steroid dienone is 2. The smallest absolute Gasteiger partial charge is 0.150 e. The van der Waals surface area contributed by atoms with Gasteiger partial charge in [-0.05, 0) is 19.1 Å². The third-order valence-corrected chi connectivity index (χ3v) is 5.07. The molecular formula is C20H23Cl2FN4O. The highest BCUT2D eigenvalue weighted by Gasteiger charge is 2.44. The van der Waals surface area contributed by atoms with Gasteiger partial charge in [-0.15, -0.1) is 0 Å². The first-order valence-electron chi connectivity index (χ1n) is 8.52. The van der Waals surface area contributed by atoms with Gasteiger partial charge in [0.05, 0.1) is 21.3 Å². The van der Waals surface area contributed by atoms with E-state index in [1.54, 1.807) is 37.3 Å². The zero-order valence-electron chi connectivity index (χ0n) is 16.1. The Morgan fingerprint density at radius 3 is 2.43 bits per heavy atom. The fourth-order valence-electron chi connectivity index (χ4n) is 3.12. The summed E-state index contributed by atoms with van der Waals surface area (Å²) in [5.74, 6) is -0.693. The van der Waals surface area contributed by atoms with E-state index in [-0.39, 0.29) is 15.6 Å². The van der Waals surface area contributed by atoms with Crippen molar-refractivity contribution in [3.63, 3.8) is 0 Å². The molecule has 1 heterocycles. The quantitative estimate of drug-likeness (QED) is 0.283. The third-order valence-electron chi connectivity index (χ3n) is 4.36. The van der Waals surface area contributed by atoms with Crippen molar-refractivity contribution >= 4 is 40.9 Å². The van der Waals surface area contributed by atoms with Gasteiger partial charge in [-0.1, -0.05) is 42.4 Å². The number of anilines is 1. The van der Waals surface area contributed by atoms with Gasteiger partial charge in [-0.2, -0.15) is 5.10 Å². The lowest BCUT2D eigenvalue weighted by atomic mass is 9.82. The Bertz CT molecular complexity index is 873. The molecule has 0 radical (unpaired) electrons. The number of hydrogen-bond acceptors (Lipinski definition) is 5. The second-order valence-electron chi connectivity index (χ2n) is 6.76. The van der Waals surface area contributed by atoms with Crippen LogP contribution in [0.2, 0.25) is 0 Å². The van der Waals surface area contributed by atoms with E-state index in [9.17, 15) is 9.18 Å². The molecule has 2 N–H and O–H groups in total. The molecule has 1 fully saturated rings. The van der Waals surface area contributed by atoms with Crippen molar-refractivity contribution < 1.29 is 9.18 Å². The van der Waals surface area contributed by atoms with Crippen molar-refractivity contribution in [2.24, 2.45) is 5.10 Å². The van der Waals surface area contributed by atoms with Crippen molar-refractivity contribution in [3.05, 3.63) is 63.9 Å². The number of nitrogens with zero attached hydrogens (tertiary/aromatic N) is 2. The molecule has 0 saturated carbocycles. The third kappa shape index (κ3) is 4.63. The zero-order valence-corrected chi connectivity index (χ0v) is 17.6. The lowest BCUT2D eigenvalue weighted by molar-refractivity contribution is 0.112. The molecule has 1 aliphatic heterocycles. The monoisotopic (exact) mass is 424 g/mol. The van der Waals surface area contributed by atoms with Crippen LogP contribution in [0.5, 0.6) is 0 Å². The van der Waals surface area contributed by atoms with Crippen LogP contribution in [-0.4, -0.2) is 49.7 Å². The normalized spacial score (nSPS) is 16.6. The molecule has 0 atom stereocenters. The second kappa shape index (κ2) is 8.90. The molecule has 5 nitrogen and oxygen atoms in total. The van der Waals surface area contributed by atoms with E-state index in [1.807, 2.05) is 6.92 Å². The summed E-state index contributed by atoms with van der Waals surface area (Å²) in [5, 5.41) is 12.4. The topological polar surface area (TPSA) is 56.7 Å². The maximum atomic E-state index is 14.3. The summed E-state index contributed by atoms with van der Waals surface area (Å²) in [6, 6.07) is 5.29. The van der Waals surface area contributed by atoms with Crippen LogP contribution >= 0.6 is 23.2 Å². The number of rotatable bonds is 8. The highest BCUT2D eigenvalue weighted by atomic mass is 35.5. The summed E-state index contributed by atoms with van der Waals surface area (Å²) < 4.78 is 14.3. The fourth-order valence-corrected chi connectivity index (χ4v) is 3.50. The predicted molar refractivity (Wildman–Crippen MR) is 115 cm³/mol. The Kier molecular flexibility index (Phi) is 7.04. The molecule has 1 aromatic rings. The molecule has 0 unspecified atom stereocenters. The van der Waals surface area contributed by atoms with E-state index in [2.05, 4.69) is 28.9 Å². The first-order valence-corrected chi connectivity index (χ1v) is 9.27. The Balaban J connectivity index is 2.46. The largest absolute Gasteiger partial charge is 0.373 e. The highest BCUT2D eigenvalue weighted by Crippen LogP contribution is 2.38. The van der Waals surface area contributed by atoms with Gasteiger partial charge in [0, 0.05) is 49.6 Å². The number of halogens is 3. The van der Waals surface area contributed by atoms with Crippen molar-refractivity contribution in [1.29, 1.82) is 0 Å². The lowest BCUT2D eigenvalue weighted by Gasteiger charge is -2.45. The minimum absolute atomic E-state index is 0.0179. The van der Waals surface area contributed by atoms with Gasteiger partial charge in [-0.3, -0.25) is 4.79 Å². The van der Waals surface area contributed by atoms with Crippen LogP contribution in [0, 0.1) is 0 Å². The first-order chi connectivity index (χ1) is 13.1. The Morgan fingerprint density at radius 1 is 1.36 bits per heavy atom. The molecule has 0 bridgehead atoms. The summed E-state index contributed by atoms with van der Waals surface area (Å²) in [7, 11) is 3.61. The SMILES string of the molecule is C=C(Cl)/C(Cl)=C(\C(=C)F)C1(Nc2ccc(/C(C)=N\N(C)C)c(C=O)c2)CNC1. The Labute approximate surface area is 174 Å². The van der Waals surface area contributed by atoms with E-state index >= 15 is 0 Å². The van der Waals surface area contributed by atoms with E-state index in [0.29, 0.717) is 35.6 Å². The van der Waals surface area contributed by atoms with E-state index in [1.165, 1.54) is 0 Å². The van der Waals surface area contributed by atoms with Crippen molar-refractivity contribution in [2.45, 2.75) is 12.5 Å². The standard InChI is InChI=1S/C20H23Cl2FN4O/c1-12(21)19(22)18(13(2)23)20(10-24-11-20)25-16-6-7-17(15(8-16)9-28)14(3)26-27(4)5/h6-9,24-25H,1-2,10-11H2,3-5H3/b19-18-,26-14-. The van der Waals surface area contributed by atoms with Crippen molar-refractivity contribution in [3.8, 4) is 0 Å². The van der Waals surface area contributed by atoms with E-state index in [4.69, 9.17) is 23.2 Å². The van der Waals surface area contributed by atoms with Crippen molar-refractivity contribution in [2.75, 3.05) is 32.5 Å². The summed E-state index contributed by atoms with van der Waals surface area (Å²) >= 11 is 12.1. The van der Waals surface area contributed by atoms with E-state index in [0.717, 1.165) is 6.29 Å². The van der Waals surface area contributed by atoms with Gasteiger partial charge in [0.2, 0.25) is 0 Å². The van der Waals surface area contributed by atoms with Gasteiger partial charge in [0.1, 0.15) is 5.83 Å². The van der Waals surface area contributed by atoms with Gasteiger partial charge in [0.25, 0.3) is 0 Å². The minimum Gasteiger partial charge on any atom is -0.373 e. The van der Waals surface area contributed by atoms with Gasteiger partial charge in [-0.25, -0.2) is 4.39 Å². The maximum Gasteiger partial charge on any atom is 0.150 e. The van der Waals surface area contributed by atoms with Gasteiger partial charge < -0.3 is 15.6 Å². The molecule has 1 aliphatic rings. The number of hydrogen-bond donors (Lipinski definition) is 2. The fraction of sp³-hybridized carbons (Fsp3) is 0.300. The molecule has 0 spiro atoms. The van der Waals surface area contributed by atoms with Crippen molar-refractivity contribution in [1.82, 2.24) is 10.3 Å². The number of carbonyl (C=O) groups is 1. The number of hydrazone groups is 1. The number of carbonyl (C=O) groups excluding carboxylic acids is 1. The Morgan fingerprint density at radius 2 is 2.00 bits per heavy atom. The van der Waals surface area contributed by atoms with Crippen LogP contribution in [-0.2, 0) is 0 Å². The molecule has 150 valence electrons. The molecule has 1 aromatic carbocycles. The Hall–Kier alpha value is -2.15. The minimum atomic E-state index is -0.852. The second-order valence-corrected chi connectivity index (χ2v) is 7.60. The van der Waals surface area contributed by atoms with E-state index < -0.39 is 11.4 Å². The number of nitrogens with one attached hydrogen (secondary N) is 2. The van der Waals surface area contributed by atoms with Crippen LogP contribution in [0.3, 0.4) is 0 Å². The molecule has 0 aliphatic carbocycles. The van der Waals surface area contributed by atoms with Crippen LogP contribution < -0.4 is 10.6 Å². The van der Waals surface area contributed by atoms with Crippen LogP contribution in [0.4, 0.5) is 10.1 Å². The predicted octanol–water partition coefficient (Wildman–Crippen LogP) is 4.27. The molecule has 0 amide bonds. The van der Waals surface area contributed by atoms with Gasteiger partial charge >= 0.3 is 0 Å². The molecule has 28 heavy (non-hydrogen) atoms. The number of benzene rings is 1. The van der Waals surface area contributed by atoms with Crippen LogP contribution in [0.1, 0.15) is 22.8 Å². The summed E-state index contributed by atoms with van der Waals surface area (Å²) in [4.78, 5) is 11.6. The molecular weight excluding hydrogens is 402 g/mol. The molecule has 1 saturated heterocycles. The molecule has 2 rings (SSSR count). The number of aldehydes is 1. The highest BCUT2D eigenvalue weighted by molar-refractivity contribution is 6.44. The average Bonchev–Trinajstić information content (AvgIpc) is 2.58. The summed E-state index contributed by atoms with van der Waals surface area (Å²) in [6.45, 7) is 9.61. The lowest BCUT2D eigenvalue weighted by Crippen LogP contribution is -2.65. The van der Waals surface area contributed by atoms with Gasteiger partial charge in [0.15, 0.2) is 6.29 Å². The van der Waals surface area contributed by atoms with Crippen LogP contribution in [0.25, 0.3) is 0 Å².